The Morgan fingerprint density at radius 2 is 1.94 bits per heavy atom. The summed E-state index contributed by atoms with van der Waals surface area (Å²) in [4.78, 5) is 33.3. The molecule has 0 radical (unpaired) electrons. The summed E-state index contributed by atoms with van der Waals surface area (Å²) < 4.78 is 9.15. The van der Waals surface area contributed by atoms with Gasteiger partial charge in [-0.05, 0) is 6.42 Å². The summed E-state index contributed by atoms with van der Waals surface area (Å²) in [6.07, 6.45) is -1.08. The molecule has 4 N–H and O–H groups in total. The van der Waals surface area contributed by atoms with E-state index in [1.165, 1.54) is 14.2 Å². The van der Waals surface area contributed by atoms with Crippen LogP contribution in [0.1, 0.15) is 12.8 Å². The monoisotopic (exact) mass is 262 g/mol. The van der Waals surface area contributed by atoms with Gasteiger partial charge in [0.2, 0.25) is 0 Å². The number of hydrogen-bond acceptors (Lipinski definition) is 6. The number of carbonyl (C=O) groups excluding carboxylic acids is 2. The highest BCUT2D eigenvalue weighted by atomic mass is 16.5. The highest BCUT2D eigenvalue weighted by Crippen LogP contribution is 2.01. The molecule has 0 aromatic heterocycles. The molecule has 0 spiro atoms. The number of aliphatic carboxylic acids is 1. The van der Waals surface area contributed by atoms with E-state index >= 15 is 0 Å². The normalized spacial score (nSPS) is 13.5. The van der Waals surface area contributed by atoms with Gasteiger partial charge in [0.15, 0.2) is 0 Å². The molecule has 0 aliphatic heterocycles. The van der Waals surface area contributed by atoms with Gasteiger partial charge in [-0.15, -0.1) is 0 Å². The third kappa shape index (κ3) is 5.60. The van der Waals surface area contributed by atoms with E-state index in [4.69, 9.17) is 15.6 Å². The molecule has 0 aliphatic rings. The van der Waals surface area contributed by atoms with Crippen LogP contribution >= 0.6 is 0 Å². The molecule has 0 heterocycles. The Morgan fingerprint density at radius 3 is 2.33 bits per heavy atom. The molecular weight excluding hydrogens is 244 g/mol. The SMILES string of the molecule is COC(=O)CC[C@@H](NC(=O)C(CN)OC)C(=O)O. The Morgan fingerprint density at radius 1 is 1.33 bits per heavy atom. The van der Waals surface area contributed by atoms with Crippen LogP contribution in [0.15, 0.2) is 0 Å². The average molecular weight is 262 g/mol. The maximum atomic E-state index is 11.5. The zero-order valence-electron chi connectivity index (χ0n) is 10.3. The summed E-state index contributed by atoms with van der Waals surface area (Å²) in [6.45, 7) is -0.0638. The standard InChI is InChI=1S/C10H18N2O6/c1-17-7(5-11)9(14)12-6(10(15)16)3-4-8(13)18-2/h6-7H,3-5,11H2,1-2H3,(H,12,14)(H,15,16)/t6-,7?/m1/s1. The Balaban J connectivity index is 4.40. The number of ether oxygens (including phenoxy) is 2. The van der Waals surface area contributed by atoms with Crippen LogP contribution in [0, 0.1) is 0 Å². The highest BCUT2D eigenvalue weighted by Gasteiger charge is 2.25. The number of methoxy groups -OCH3 is 2. The Labute approximate surface area is 104 Å². The predicted molar refractivity (Wildman–Crippen MR) is 60.7 cm³/mol. The fourth-order valence-electron chi connectivity index (χ4n) is 1.20. The van der Waals surface area contributed by atoms with E-state index in [1.54, 1.807) is 0 Å². The largest absolute Gasteiger partial charge is 0.480 e. The van der Waals surface area contributed by atoms with Gasteiger partial charge >= 0.3 is 11.9 Å². The smallest absolute Gasteiger partial charge is 0.326 e. The summed E-state index contributed by atoms with van der Waals surface area (Å²) in [6, 6.07) is -1.18. The minimum Gasteiger partial charge on any atom is -0.480 e. The zero-order chi connectivity index (χ0) is 14.1. The molecule has 0 saturated heterocycles. The average Bonchev–Trinajstić information content (AvgIpc) is 2.34. The molecule has 0 aromatic carbocycles. The van der Waals surface area contributed by atoms with E-state index in [9.17, 15) is 14.4 Å². The highest BCUT2D eigenvalue weighted by molar-refractivity contribution is 5.86. The second kappa shape index (κ2) is 8.43. The fraction of sp³-hybridized carbons (Fsp3) is 0.700. The fourth-order valence-corrected chi connectivity index (χ4v) is 1.20. The first-order valence-electron chi connectivity index (χ1n) is 5.29. The van der Waals surface area contributed by atoms with Gasteiger partial charge in [0.25, 0.3) is 5.91 Å². The van der Waals surface area contributed by atoms with Crippen molar-refractivity contribution in [3.63, 3.8) is 0 Å². The van der Waals surface area contributed by atoms with Crippen LogP contribution in [0.3, 0.4) is 0 Å². The third-order valence-electron chi connectivity index (χ3n) is 2.27. The van der Waals surface area contributed by atoms with Crippen LogP contribution in [0.4, 0.5) is 0 Å². The number of amides is 1. The molecule has 8 heteroatoms. The van der Waals surface area contributed by atoms with Crippen LogP contribution in [0.2, 0.25) is 0 Å². The summed E-state index contributed by atoms with van der Waals surface area (Å²) in [5, 5.41) is 11.1. The van der Waals surface area contributed by atoms with Crippen molar-refractivity contribution in [1.29, 1.82) is 0 Å². The van der Waals surface area contributed by atoms with Crippen molar-refractivity contribution < 1.29 is 29.0 Å². The maximum Gasteiger partial charge on any atom is 0.326 e. The minimum atomic E-state index is -1.24. The van der Waals surface area contributed by atoms with Gasteiger partial charge in [0.05, 0.1) is 7.11 Å². The molecule has 0 bridgehead atoms. The van der Waals surface area contributed by atoms with Crippen molar-refractivity contribution in [2.45, 2.75) is 25.0 Å². The van der Waals surface area contributed by atoms with Crippen molar-refractivity contribution in [3.05, 3.63) is 0 Å². The molecule has 2 atom stereocenters. The van der Waals surface area contributed by atoms with Gasteiger partial charge in [-0.25, -0.2) is 4.79 Å². The maximum absolute atomic E-state index is 11.5. The summed E-state index contributed by atoms with van der Waals surface area (Å²) in [7, 11) is 2.49. The molecule has 1 amide bonds. The lowest BCUT2D eigenvalue weighted by Crippen LogP contribution is -2.48. The molecule has 104 valence electrons. The van der Waals surface area contributed by atoms with Gasteiger partial charge in [0.1, 0.15) is 12.1 Å². The molecule has 18 heavy (non-hydrogen) atoms. The Hall–Kier alpha value is -1.67. The molecule has 0 aromatic rings. The van der Waals surface area contributed by atoms with Crippen molar-refractivity contribution in [2.24, 2.45) is 5.73 Å². The summed E-state index contributed by atoms with van der Waals surface area (Å²) in [5.74, 6) is -2.41. The predicted octanol–water partition coefficient (Wildman–Crippen LogP) is -1.52. The quantitative estimate of drug-likeness (QED) is 0.453. The second-order valence-corrected chi connectivity index (χ2v) is 3.47. The molecule has 8 nitrogen and oxygen atoms in total. The van der Waals surface area contributed by atoms with Crippen LogP contribution in [-0.4, -0.2) is 55.9 Å². The second-order valence-electron chi connectivity index (χ2n) is 3.47. The Kier molecular flexibility index (Phi) is 7.64. The van der Waals surface area contributed by atoms with E-state index in [0.717, 1.165) is 0 Å². The molecule has 0 aliphatic carbocycles. The molecule has 0 rings (SSSR count). The van der Waals surface area contributed by atoms with Gasteiger partial charge in [0, 0.05) is 20.1 Å². The van der Waals surface area contributed by atoms with Crippen molar-refractivity contribution in [3.8, 4) is 0 Å². The van der Waals surface area contributed by atoms with E-state index in [0.29, 0.717) is 0 Å². The van der Waals surface area contributed by atoms with Gasteiger partial charge in [-0.3, -0.25) is 9.59 Å². The number of carbonyl (C=O) groups is 3. The van der Waals surface area contributed by atoms with Gasteiger partial charge in [-0.1, -0.05) is 0 Å². The zero-order valence-corrected chi connectivity index (χ0v) is 10.3. The first kappa shape index (κ1) is 16.3. The van der Waals surface area contributed by atoms with E-state index < -0.39 is 30.0 Å². The molecular formula is C10H18N2O6. The Bertz CT molecular complexity index is 303. The van der Waals surface area contributed by atoms with E-state index in [-0.39, 0.29) is 19.4 Å². The number of nitrogens with one attached hydrogen (secondary N) is 1. The first-order chi connectivity index (χ1) is 8.46. The lowest BCUT2D eigenvalue weighted by molar-refractivity contribution is -0.145. The van der Waals surface area contributed by atoms with Crippen molar-refractivity contribution in [1.82, 2.24) is 5.32 Å². The number of hydrogen-bond donors (Lipinski definition) is 3. The van der Waals surface area contributed by atoms with Crippen LogP contribution in [-0.2, 0) is 23.9 Å². The summed E-state index contributed by atoms with van der Waals surface area (Å²) >= 11 is 0. The van der Waals surface area contributed by atoms with Crippen LogP contribution in [0.25, 0.3) is 0 Å². The van der Waals surface area contributed by atoms with Gasteiger partial charge < -0.3 is 25.6 Å². The molecule has 0 saturated carbocycles. The minimum absolute atomic E-state index is 0.0608. The molecule has 0 fully saturated rings. The number of nitrogens with two attached hydrogens (primary N) is 1. The van der Waals surface area contributed by atoms with Crippen LogP contribution in [0.5, 0.6) is 0 Å². The van der Waals surface area contributed by atoms with Gasteiger partial charge in [-0.2, -0.15) is 0 Å². The van der Waals surface area contributed by atoms with Crippen molar-refractivity contribution in [2.75, 3.05) is 20.8 Å². The number of rotatable bonds is 8. The van der Waals surface area contributed by atoms with Crippen LogP contribution < -0.4 is 11.1 Å². The lowest BCUT2D eigenvalue weighted by atomic mass is 10.1. The molecule has 1 unspecified atom stereocenters. The number of carboxylic acids is 1. The summed E-state index contributed by atoms with van der Waals surface area (Å²) in [5.41, 5.74) is 5.27. The van der Waals surface area contributed by atoms with E-state index in [1.807, 2.05) is 0 Å². The number of carboxylic acid groups (broad SMARTS) is 1. The lowest BCUT2D eigenvalue weighted by Gasteiger charge is -2.18. The first-order valence-corrected chi connectivity index (χ1v) is 5.29. The topological polar surface area (TPSA) is 128 Å². The van der Waals surface area contributed by atoms with E-state index in [2.05, 4.69) is 10.1 Å². The third-order valence-corrected chi connectivity index (χ3v) is 2.27. The number of esters is 1. The van der Waals surface area contributed by atoms with Crippen molar-refractivity contribution >= 4 is 17.8 Å².